The van der Waals surface area contributed by atoms with Crippen LogP contribution in [0.1, 0.15) is 19.8 Å². The van der Waals surface area contributed by atoms with Crippen LogP contribution in [0.25, 0.3) is 0 Å². The molecule has 6 heteroatoms. The van der Waals surface area contributed by atoms with E-state index in [0.717, 1.165) is 17.6 Å². The van der Waals surface area contributed by atoms with Gasteiger partial charge in [0.25, 0.3) is 0 Å². The average molecular weight is 329 g/mol. The van der Waals surface area contributed by atoms with Crippen molar-refractivity contribution in [3.8, 4) is 5.88 Å². The molecule has 2 heterocycles. The van der Waals surface area contributed by atoms with E-state index in [0.29, 0.717) is 17.7 Å². The summed E-state index contributed by atoms with van der Waals surface area (Å²) < 4.78 is 5.94. The molecule has 0 spiro atoms. The molecule has 0 atom stereocenters. The summed E-state index contributed by atoms with van der Waals surface area (Å²) in [4.78, 5) is 11.0. The summed E-state index contributed by atoms with van der Waals surface area (Å²) in [5, 5.41) is 3.31. The molecule has 0 saturated carbocycles. The number of hydrogen-bond acceptors (Lipinski definition) is 5. The van der Waals surface area contributed by atoms with Crippen LogP contribution in [0.2, 0.25) is 0 Å². The maximum Gasteiger partial charge on any atom is 0.232 e. The lowest BCUT2D eigenvalue weighted by atomic mass is 9.97. The second kappa shape index (κ2) is 7.05. The van der Waals surface area contributed by atoms with Crippen molar-refractivity contribution in [2.45, 2.75) is 19.8 Å². The van der Waals surface area contributed by atoms with Crippen molar-refractivity contribution in [2.75, 3.05) is 38.6 Å². The normalized spacial score (nSPS) is 17.4. The first-order valence-corrected chi connectivity index (χ1v) is 7.55. The van der Waals surface area contributed by atoms with Crippen molar-refractivity contribution in [2.24, 2.45) is 5.92 Å². The number of likely N-dealkylation sites (tertiary alicyclic amines) is 1. The second-order valence-electron chi connectivity index (χ2n) is 4.81. The number of piperidine rings is 1. The van der Waals surface area contributed by atoms with Crippen LogP contribution in [-0.4, -0.2) is 48.2 Å². The maximum atomic E-state index is 5.16. The number of aromatic nitrogens is 2. The first kappa shape index (κ1) is 14.5. The van der Waals surface area contributed by atoms with Gasteiger partial charge in [0, 0.05) is 6.54 Å². The number of nitrogens with zero attached hydrogens (tertiary/aromatic N) is 3. The molecule has 1 N–H and O–H groups in total. The van der Waals surface area contributed by atoms with Crippen LogP contribution >= 0.6 is 15.9 Å². The molecule has 0 aliphatic carbocycles. The summed E-state index contributed by atoms with van der Waals surface area (Å²) in [7, 11) is 1.61. The van der Waals surface area contributed by atoms with Crippen LogP contribution in [0.4, 0.5) is 5.95 Å². The van der Waals surface area contributed by atoms with E-state index in [9.17, 15) is 0 Å². The van der Waals surface area contributed by atoms with Crippen LogP contribution in [0.3, 0.4) is 0 Å². The Morgan fingerprint density at radius 2 is 2.21 bits per heavy atom. The number of methoxy groups -OCH3 is 1. The first-order valence-electron chi connectivity index (χ1n) is 6.75. The van der Waals surface area contributed by atoms with Gasteiger partial charge in [-0.2, -0.15) is 4.98 Å². The largest absolute Gasteiger partial charge is 0.480 e. The number of nitrogens with one attached hydrogen (secondary N) is 1. The summed E-state index contributed by atoms with van der Waals surface area (Å²) in [6.07, 6.45) is 4.21. The molecule has 5 nitrogen and oxygen atoms in total. The van der Waals surface area contributed by atoms with Gasteiger partial charge < -0.3 is 15.0 Å². The molecular formula is C13H21BrN4O. The smallest absolute Gasteiger partial charge is 0.232 e. The number of ether oxygens (including phenoxy) is 1. The van der Waals surface area contributed by atoms with E-state index in [2.05, 4.69) is 43.0 Å². The van der Waals surface area contributed by atoms with Gasteiger partial charge in [-0.1, -0.05) is 6.92 Å². The van der Waals surface area contributed by atoms with Crippen molar-refractivity contribution in [1.82, 2.24) is 14.9 Å². The first-order chi connectivity index (χ1) is 9.22. The van der Waals surface area contributed by atoms with Gasteiger partial charge in [0.2, 0.25) is 11.8 Å². The fourth-order valence-electron chi connectivity index (χ4n) is 2.32. The van der Waals surface area contributed by atoms with E-state index < -0.39 is 0 Å². The molecule has 1 aromatic heterocycles. The molecule has 0 amide bonds. The summed E-state index contributed by atoms with van der Waals surface area (Å²) in [6.45, 7) is 6.72. The molecule has 0 aromatic carbocycles. The van der Waals surface area contributed by atoms with E-state index >= 15 is 0 Å². The summed E-state index contributed by atoms with van der Waals surface area (Å²) in [5.74, 6) is 1.91. The predicted octanol–water partition coefficient (Wildman–Crippen LogP) is 2.39. The van der Waals surface area contributed by atoms with E-state index in [1.165, 1.54) is 25.9 Å². The Kier molecular flexibility index (Phi) is 5.39. The number of anilines is 1. The standard InChI is InChI=1S/C13H21BrN4O/c1-3-18-6-4-10(5-7-18)8-15-13-16-9-11(14)12(17-13)19-2/h9-10H,3-8H2,1-2H3,(H,15,16,17). The highest BCUT2D eigenvalue weighted by molar-refractivity contribution is 9.10. The monoisotopic (exact) mass is 328 g/mol. The van der Waals surface area contributed by atoms with Crippen LogP contribution in [0, 0.1) is 5.92 Å². The number of halogens is 1. The zero-order valence-corrected chi connectivity index (χ0v) is 13.1. The minimum Gasteiger partial charge on any atom is -0.480 e. The predicted molar refractivity (Wildman–Crippen MR) is 79.6 cm³/mol. The number of rotatable bonds is 5. The fraction of sp³-hybridized carbons (Fsp3) is 0.692. The van der Waals surface area contributed by atoms with E-state index in [1.807, 2.05) is 0 Å². The van der Waals surface area contributed by atoms with Gasteiger partial charge in [0.15, 0.2) is 0 Å². The second-order valence-corrected chi connectivity index (χ2v) is 5.66. The van der Waals surface area contributed by atoms with Crippen molar-refractivity contribution in [1.29, 1.82) is 0 Å². The quantitative estimate of drug-likeness (QED) is 0.899. The fourth-order valence-corrected chi connectivity index (χ4v) is 2.68. The highest BCUT2D eigenvalue weighted by atomic mass is 79.9. The van der Waals surface area contributed by atoms with Crippen LogP contribution < -0.4 is 10.1 Å². The molecule has 1 aliphatic rings. The maximum absolute atomic E-state index is 5.16. The Bertz CT molecular complexity index is 408. The van der Waals surface area contributed by atoms with E-state index in [-0.39, 0.29) is 0 Å². The van der Waals surface area contributed by atoms with Crippen LogP contribution in [0.5, 0.6) is 5.88 Å². The molecule has 1 fully saturated rings. The van der Waals surface area contributed by atoms with E-state index in [1.54, 1.807) is 13.3 Å². The van der Waals surface area contributed by atoms with Gasteiger partial charge >= 0.3 is 0 Å². The minimum absolute atomic E-state index is 0.568. The van der Waals surface area contributed by atoms with Crippen molar-refractivity contribution >= 4 is 21.9 Å². The third-order valence-electron chi connectivity index (χ3n) is 3.61. The summed E-state index contributed by atoms with van der Waals surface area (Å²) >= 11 is 3.35. The molecule has 106 valence electrons. The van der Waals surface area contributed by atoms with Gasteiger partial charge in [-0.25, -0.2) is 4.98 Å². The van der Waals surface area contributed by atoms with E-state index in [4.69, 9.17) is 4.74 Å². The zero-order chi connectivity index (χ0) is 13.7. The Balaban J connectivity index is 1.82. The van der Waals surface area contributed by atoms with Crippen LogP contribution in [0.15, 0.2) is 10.7 Å². The Labute approximate surface area is 122 Å². The summed E-state index contributed by atoms with van der Waals surface area (Å²) in [5.41, 5.74) is 0. The number of hydrogen-bond donors (Lipinski definition) is 1. The molecule has 1 aliphatic heterocycles. The lowest BCUT2D eigenvalue weighted by Gasteiger charge is -2.31. The minimum atomic E-state index is 0.568. The van der Waals surface area contributed by atoms with Gasteiger partial charge in [-0.15, -0.1) is 0 Å². The zero-order valence-electron chi connectivity index (χ0n) is 11.5. The topological polar surface area (TPSA) is 50.3 Å². The highest BCUT2D eigenvalue weighted by Crippen LogP contribution is 2.22. The average Bonchev–Trinajstić information content (AvgIpc) is 2.47. The molecule has 19 heavy (non-hydrogen) atoms. The Hall–Kier alpha value is -0.880. The SMILES string of the molecule is CCN1CCC(CNc2ncc(Br)c(OC)n2)CC1. The molecule has 1 saturated heterocycles. The van der Waals surface area contributed by atoms with Gasteiger partial charge in [-0.3, -0.25) is 0 Å². The third kappa shape index (κ3) is 4.04. The molecule has 0 bridgehead atoms. The molecular weight excluding hydrogens is 308 g/mol. The third-order valence-corrected chi connectivity index (χ3v) is 4.15. The molecule has 0 unspecified atom stereocenters. The van der Waals surface area contributed by atoms with Crippen LogP contribution in [-0.2, 0) is 0 Å². The molecule has 0 radical (unpaired) electrons. The van der Waals surface area contributed by atoms with Gasteiger partial charge in [0.1, 0.15) is 0 Å². The lowest BCUT2D eigenvalue weighted by Crippen LogP contribution is -2.35. The van der Waals surface area contributed by atoms with Gasteiger partial charge in [0.05, 0.1) is 17.8 Å². The van der Waals surface area contributed by atoms with Gasteiger partial charge in [-0.05, 0) is 54.3 Å². The highest BCUT2D eigenvalue weighted by Gasteiger charge is 2.18. The van der Waals surface area contributed by atoms with Crippen molar-refractivity contribution < 1.29 is 4.74 Å². The lowest BCUT2D eigenvalue weighted by molar-refractivity contribution is 0.198. The Morgan fingerprint density at radius 3 is 2.84 bits per heavy atom. The summed E-state index contributed by atoms with van der Waals surface area (Å²) in [6, 6.07) is 0. The Morgan fingerprint density at radius 1 is 1.47 bits per heavy atom. The molecule has 2 rings (SSSR count). The van der Waals surface area contributed by atoms with Crippen molar-refractivity contribution in [3.05, 3.63) is 10.7 Å². The van der Waals surface area contributed by atoms with Crippen molar-refractivity contribution in [3.63, 3.8) is 0 Å². The molecule has 1 aromatic rings.